The van der Waals surface area contributed by atoms with Crippen molar-refractivity contribution in [1.29, 1.82) is 0 Å². The maximum Gasteiger partial charge on any atom is 0.107 e. The van der Waals surface area contributed by atoms with E-state index in [0.717, 1.165) is 0 Å². The topological polar surface area (TPSA) is 29.4 Å². The van der Waals surface area contributed by atoms with Crippen LogP contribution < -0.4 is 0 Å². The predicted molar refractivity (Wildman–Crippen MR) is 41.3 cm³/mol. The van der Waals surface area contributed by atoms with Crippen molar-refractivity contribution in [2.45, 2.75) is 0 Å². The normalized spacial score (nSPS) is 30.6. The average Bonchev–Trinajstić information content (AvgIpc) is 1.87. The second kappa shape index (κ2) is 3.56. The van der Waals surface area contributed by atoms with Crippen LogP contribution in [0.4, 0.5) is 0 Å². The summed E-state index contributed by atoms with van der Waals surface area (Å²) < 4.78 is 0. The molecule has 0 aromatic rings. The summed E-state index contributed by atoms with van der Waals surface area (Å²) in [5.41, 5.74) is 0.445. The largest absolute Gasteiger partial charge is 0.145 e. The van der Waals surface area contributed by atoms with Gasteiger partial charge in [0.25, 0.3) is 0 Å². The quantitative estimate of drug-likeness (QED) is 0.505. The minimum absolute atomic E-state index is 0.445. The molecule has 0 spiro atoms. The number of hydrogen-bond donors (Lipinski definition) is 0. The summed E-state index contributed by atoms with van der Waals surface area (Å²) in [7, 11) is 0. The summed E-state index contributed by atoms with van der Waals surface area (Å²) in [5.74, 6) is 0. The number of nitrogens with zero attached hydrogens (tertiary/aromatic N) is 1. The summed E-state index contributed by atoms with van der Waals surface area (Å²) in [4.78, 5) is 10.00. The molecule has 0 N–H and O–H groups in total. The molecular weight excluding hydrogens is 126 g/mol. The van der Waals surface area contributed by atoms with Crippen molar-refractivity contribution < 1.29 is 0 Å². The first kappa shape index (κ1) is 6.68. The molecule has 1 aliphatic carbocycles. The van der Waals surface area contributed by atoms with E-state index in [4.69, 9.17) is 0 Å². The number of rotatable bonds is 1. The molecule has 2 nitrogen and oxygen atoms in total. The molecule has 0 bridgehead atoms. The van der Waals surface area contributed by atoms with Gasteiger partial charge >= 0.3 is 0 Å². The molecule has 2 heteroatoms. The molecule has 1 rings (SSSR count). The van der Waals surface area contributed by atoms with E-state index in [2.05, 4.69) is 5.18 Å². The lowest BCUT2D eigenvalue weighted by Crippen LogP contribution is -1.69. The highest BCUT2D eigenvalue weighted by Gasteiger charge is 1.85. The van der Waals surface area contributed by atoms with Gasteiger partial charge in [-0.25, -0.2) is 0 Å². The maximum atomic E-state index is 10.00. The fraction of sp³-hybridized carbons (Fsp3) is 0. The number of allylic oxidation sites excluding steroid dienone is 7. The molecule has 0 saturated carbocycles. The van der Waals surface area contributed by atoms with Crippen molar-refractivity contribution in [2.24, 2.45) is 5.18 Å². The Morgan fingerprint density at radius 1 is 1.00 bits per heavy atom. The molecule has 0 heterocycles. The van der Waals surface area contributed by atoms with E-state index in [1.54, 1.807) is 24.3 Å². The first-order chi connectivity index (χ1) is 4.93. The zero-order valence-corrected chi connectivity index (χ0v) is 5.40. The highest BCUT2D eigenvalue weighted by Crippen LogP contribution is 2.01. The van der Waals surface area contributed by atoms with Gasteiger partial charge in [-0.05, 0) is 17.3 Å². The molecule has 0 unspecified atom stereocenters. The molecule has 0 radical (unpaired) electrons. The molecule has 0 amide bonds. The Morgan fingerprint density at radius 2 is 1.70 bits per heavy atom. The van der Waals surface area contributed by atoms with E-state index < -0.39 is 0 Å². The Hall–Kier alpha value is -1.44. The number of nitroso groups, excluding NO2 is 1. The van der Waals surface area contributed by atoms with Gasteiger partial charge in [0.05, 0.1) is 0 Å². The highest BCUT2D eigenvalue weighted by atomic mass is 16.3. The summed E-state index contributed by atoms with van der Waals surface area (Å²) in [6.07, 6.45) is 12.4. The van der Waals surface area contributed by atoms with Crippen LogP contribution in [-0.4, -0.2) is 0 Å². The Balaban J connectivity index is 2.82. The molecule has 0 saturated heterocycles. The first-order valence-electron chi connectivity index (χ1n) is 2.98. The lowest BCUT2D eigenvalue weighted by atomic mass is 10.3. The van der Waals surface area contributed by atoms with Gasteiger partial charge in [-0.1, -0.05) is 30.4 Å². The Kier molecular flexibility index (Phi) is 2.38. The number of hydrogen-bond acceptors (Lipinski definition) is 2. The van der Waals surface area contributed by atoms with Crippen molar-refractivity contribution in [3.05, 3.63) is 53.1 Å². The SMILES string of the molecule is O=NC1=C/C=C\C=C/C=C\1. The molecule has 10 heavy (non-hydrogen) atoms. The van der Waals surface area contributed by atoms with Gasteiger partial charge in [0.1, 0.15) is 5.70 Å². The van der Waals surface area contributed by atoms with Gasteiger partial charge in [0, 0.05) is 0 Å². The van der Waals surface area contributed by atoms with Crippen LogP contribution in [0.1, 0.15) is 0 Å². The van der Waals surface area contributed by atoms with Gasteiger partial charge in [-0.3, -0.25) is 0 Å². The van der Waals surface area contributed by atoms with Crippen molar-refractivity contribution in [3.8, 4) is 0 Å². The summed E-state index contributed by atoms with van der Waals surface area (Å²) in [6, 6.07) is 0. The van der Waals surface area contributed by atoms with Crippen LogP contribution in [-0.2, 0) is 0 Å². The smallest absolute Gasteiger partial charge is 0.107 e. The van der Waals surface area contributed by atoms with Crippen molar-refractivity contribution in [1.82, 2.24) is 0 Å². The van der Waals surface area contributed by atoms with E-state index in [0.29, 0.717) is 5.70 Å². The maximum absolute atomic E-state index is 10.00. The lowest BCUT2D eigenvalue weighted by Gasteiger charge is -1.85. The van der Waals surface area contributed by atoms with Gasteiger partial charge in [-0.15, -0.1) is 4.91 Å². The zero-order valence-electron chi connectivity index (χ0n) is 5.40. The van der Waals surface area contributed by atoms with Crippen LogP contribution >= 0.6 is 0 Å². The molecule has 0 atom stereocenters. The van der Waals surface area contributed by atoms with Gasteiger partial charge in [0.2, 0.25) is 0 Å². The van der Waals surface area contributed by atoms with Crippen LogP contribution in [0.3, 0.4) is 0 Å². The molecule has 1 aliphatic rings. The lowest BCUT2D eigenvalue weighted by molar-refractivity contribution is 1.38. The van der Waals surface area contributed by atoms with E-state index in [1.807, 2.05) is 18.2 Å². The standard InChI is InChI=1S/C8H7NO/c10-9-8-6-4-2-1-3-5-7-8/h1-7H/b2-1-,3-1?,4-2?,5-3-,6-4-,7-5?,8-6?,8-7+. The van der Waals surface area contributed by atoms with E-state index in [1.165, 1.54) is 0 Å². The molecule has 0 aromatic heterocycles. The molecule has 0 fully saturated rings. The second-order valence-corrected chi connectivity index (χ2v) is 1.81. The van der Waals surface area contributed by atoms with Crippen LogP contribution in [0.25, 0.3) is 0 Å². The third-order valence-electron chi connectivity index (χ3n) is 1.08. The highest BCUT2D eigenvalue weighted by molar-refractivity contribution is 5.29. The van der Waals surface area contributed by atoms with Crippen LogP contribution in [0, 0.1) is 4.91 Å². The van der Waals surface area contributed by atoms with E-state index in [9.17, 15) is 4.91 Å². The van der Waals surface area contributed by atoms with Gasteiger partial charge < -0.3 is 0 Å². The van der Waals surface area contributed by atoms with Crippen LogP contribution in [0.2, 0.25) is 0 Å². The summed E-state index contributed by atoms with van der Waals surface area (Å²) >= 11 is 0. The van der Waals surface area contributed by atoms with E-state index >= 15 is 0 Å². The molecule has 50 valence electrons. The average molecular weight is 133 g/mol. The fourth-order valence-electron chi connectivity index (χ4n) is 0.617. The fourth-order valence-corrected chi connectivity index (χ4v) is 0.617. The minimum Gasteiger partial charge on any atom is -0.145 e. The Bertz CT molecular complexity index is 234. The predicted octanol–water partition coefficient (Wildman–Crippen LogP) is 2.32. The minimum atomic E-state index is 0.445. The molecule has 0 aliphatic heterocycles. The van der Waals surface area contributed by atoms with Gasteiger partial charge in [0.15, 0.2) is 0 Å². The summed E-state index contributed by atoms with van der Waals surface area (Å²) in [6.45, 7) is 0. The van der Waals surface area contributed by atoms with Crippen molar-refractivity contribution >= 4 is 0 Å². The van der Waals surface area contributed by atoms with E-state index in [-0.39, 0.29) is 0 Å². The van der Waals surface area contributed by atoms with Crippen LogP contribution in [0.5, 0.6) is 0 Å². The second-order valence-electron chi connectivity index (χ2n) is 1.81. The Labute approximate surface area is 59.2 Å². The van der Waals surface area contributed by atoms with Crippen molar-refractivity contribution in [3.63, 3.8) is 0 Å². The third kappa shape index (κ3) is 1.82. The Morgan fingerprint density at radius 3 is 2.50 bits per heavy atom. The zero-order chi connectivity index (χ0) is 7.23. The first-order valence-corrected chi connectivity index (χ1v) is 2.98. The van der Waals surface area contributed by atoms with Gasteiger partial charge in [-0.2, -0.15) is 0 Å². The van der Waals surface area contributed by atoms with Crippen LogP contribution in [0.15, 0.2) is 53.4 Å². The molecular formula is C8H7NO. The monoisotopic (exact) mass is 133 g/mol. The third-order valence-corrected chi connectivity index (χ3v) is 1.08. The molecule has 0 aromatic carbocycles. The summed E-state index contributed by atoms with van der Waals surface area (Å²) in [5, 5.41) is 2.79. The van der Waals surface area contributed by atoms with Crippen molar-refractivity contribution in [2.75, 3.05) is 0 Å².